The van der Waals surface area contributed by atoms with Crippen LogP contribution in [0, 0.1) is 0 Å². The average Bonchev–Trinajstić information content (AvgIpc) is 2.43. The summed E-state index contributed by atoms with van der Waals surface area (Å²) in [5.41, 5.74) is 0. The number of rotatable bonds is 8. The van der Waals surface area contributed by atoms with Gasteiger partial charge in [0, 0.05) is 13.1 Å². The lowest BCUT2D eigenvalue weighted by molar-refractivity contribution is -0.134. The Kier molecular flexibility index (Phi) is 7.96. The molecule has 1 N–H and O–H groups in total. The lowest BCUT2D eigenvalue weighted by Crippen LogP contribution is -2.45. The first-order chi connectivity index (χ1) is 8.77. The van der Waals surface area contributed by atoms with Gasteiger partial charge in [-0.2, -0.15) is 0 Å². The van der Waals surface area contributed by atoms with Crippen molar-refractivity contribution in [1.29, 1.82) is 0 Å². The van der Waals surface area contributed by atoms with Crippen LogP contribution in [0.4, 0.5) is 0 Å². The summed E-state index contributed by atoms with van der Waals surface area (Å²) in [5, 5.41) is 3.23. The Labute approximate surface area is 110 Å². The highest BCUT2D eigenvalue weighted by atomic mass is 16.5. The Morgan fingerprint density at radius 1 is 1.28 bits per heavy atom. The van der Waals surface area contributed by atoms with Crippen molar-refractivity contribution in [3.05, 3.63) is 0 Å². The molecule has 0 unspecified atom stereocenters. The molecule has 0 aliphatic carbocycles. The zero-order valence-electron chi connectivity index (χ0n) is 11.8. The zero-order valence-corrected chi connectivity index (χ0v) is 11.8. The topological polar surface area (TPSA) is 44.8 Å². The quantitative estimate of drug-likeness (QED) is 0.630. The SMILES string of the molecule is CCN(CC)CCCNCC(=O)N1CCOCC1. The molecule has 18 heavy (non-hydrogen) atoms. The Morgan fingerprint density at radius 3 is 2.56 bits per heavy atom. The Hall–Kier alpha value is -0.650. The van der Waals surface area contributed by atoms with E-state index < -0.39 is 0 Å². The van der Waals surface area contributed by atoms with Crippen molar-refractivity contribution >= 4 is 5.91 Å². The summed E-state index contributed by atoms with van der Waals surface area (Å²) in [6.45, 7) is 11.8. The van der Waals surface area contributed by atoms with Crippen molar-refractivity contribution in [1.82, 2.24) is 15.1 Å². The molecule has 0 spiro atoms. The van der Waals surface area contributed by atoms with E-state index in [2.05, 4.69) is 24.1 Å². The highest BCUT2D eigenvalue weighted by Gasteiger charge is 2.15. The van der Waals surface area contributed by atoms with E-state index in [1.54, 1.807) is 0 Å². The number of amides is 1. The summed E-state index contributed by atoms with van der Waals surface area (Å²) in [7, 11) is 0. The van der Waals surface area contributed by atoms with E-state index in [9.17, 15) is 4.79 Å². The van der Waals surface area contributed by atoms with Crippen LogP contribution in [0.15, 0.2) is 0 Å². The summed E-state index contributed by atoms with van der Waals surface area (Å²) < 4.78 is 5.22. The lowest BCUT2D eigenvalue weighted by atomic mass is 10.3. The average molecular weight is 257 g/mol. The van der Waals surface area contributed by atoms with E-state index in [4.69, 9.17) is 4.74 Å². The predicted octanol–water partition coefficient (Wildman–Crippen LogP) is 0.167. The van der Waals surface area contributed by atoms with E-state index in [0.29, 0.717) is 19.8 Å². The fourth-order valence-electron chi connectivity index (χ4n) is 2.09. The molecule has 0 atom stereocenters. The number of morpholine rings is 1. The van der Waals surface area contributed by atoms with Gasteiger partial charge in [0.1, 0.15) is 0 Å². The van der Waals surface area contributed by atoms with E-state index >= 15 is 0 Å². The van der Waals surface area contributed by atoms with E-state index in [1.807, 2.05) is 4.90 Å². The van der Waals surface area contributed by atoms with Crippen LogP contribution in [-0.2, 0) is 9.53 Å². The maximum Gasteiger partial charge on any atom is 0.236 e. The number of carbonyl (C=O) groups is 1. The van der Waals surface area contributed by atoms with Gasteiger partial charge >= 0.3 is 0 Å². The molecular weight excluding hydrogens is 230 g/mol. The zero-order chi connectivity index (χ0) is 13.2. The first-order valence-electron chi connectivity index (χ1n) is 7.06. The standard InChI is InChI=1S/C13H27N3O2/c1-3-15(4-2)7-5-6-14-12-13(17)16-8-10-18-11-9-16/h14H,3-12H2,1-2H3. The van der Waals surface area contributed by atoms with Gasteiger partial charge in [0.05, 0.1) is 19.8 Å². The lowest BCUT2D eigenvalue weighted by Gasteiger charge is -2.27. The summed E-state index contributed by atoms with van der Waals surface area (Å²) in [6, 6.07) is 0. The molecular formula is C13H27N3O2. The number of ether oxygens (including phenoxy) is 1. The second-order valence-corrected chi connectivity index (χ2v) is 4.55. The first kappa shape index (κ1) is 15.4. The Morgan fingerprint density at radius 2 is 1.94 bits per heavy atom. The van der Waals surface area contributed by atoms with Gasteiger partial charge in [-0.3, -0.25) is 4.79 Å². The monoisotopic (exact) mass is 257 g/mol. The van der Waals surface area contributed by atoms with E-state index in [-0.39, 0.29) is 5.91 Å². The molecule has 1 aliphatic heterocycles. The van der Waals surface area contributed by atoms with Crippen LogP contribution in [0.2, 0.25) is 0 Å². The third-order valence-corrected chi connectivity index (χ3v) is 3.36. The van der Waals surface area contributed by atoms with Crippen LogP contribution >= 0.6 is 0 Å². The molecule has 5 nitrogen and oxygen atoms in total. The van der Waals surface area contributed by atoms with Crippen molar-refractivity contribution in [2.45, 2.75) is 20.3 Å². The largest absolute Gasteiger partial charge is 0.378 e. The minimum absolute atomic E-state index is 0.195. The van der Waals surface area contributed by atoms with Crippen LogP contribution in [0.3, 0.4) is 0 Å². The molecule has 0 aromatic carbocycles. The Bertz CT molecular complexity index is 226. The fourth-order valence-corrected chi connectivity index (χ4v) is 2.09. The maximum absolute atomic E-state index is 11.8. The molecule has 0 bridgehead atoms. The third-order valence-electron chi connectivity index (χ3n) is 3.36. The maximum atomic E-state index is 11.8. The number of nitrogens with zero attached hydrogens (tertiary/aromatic N) is 2. The summed E-state index contributed by atoms with van der Waals surface area (Å²) in [6.07, 6.45) is 1.10. The van der Waals surface area contributed by atoms with Gasteiger partial charge in [-0.1, -0.05) is 13.8 Å². The van der Waals surface area contributed by atoms with Crippen LogP contribution < -0.4 is 5.32 Å². The second-order valence-electron chi connectivity index (χ2n) is 4.55. The third kappa shape index (κ3) is 5.80. The molecule has 0 radical (unpaired) electrons. The van der Waals surface area contributed by atoms with Crippen LogP contribution in [0.1, 0.15) is 20.3 Å². The molecule has 1 heterocycles. The molecule has 0 aromatic heterocycles. The van der Waals surface area contributed by atoms with Gasteiger partial charge in [-0.05, 0) is 32.6 Å². The predicted molar refractivity (Wildman–Crippen MR) is 72.7 cm³/mol. The van der Waals surface area contributed by atoms with Crippen LogP contribution in [0.25, 0.3) is 0 Å². The molecule has 1 amide bonds. The van der Waals surface area contributed by atoms with Gasteiger partial charge < -0.3 is 19.9 Å². The highest BCUT2D eigenvalue weighted by molar-refractivity contribution is 5.78. The minimum Gasteiger partial charge on any atom is -0.378 e. The van der Waals surface area contributed by atoms with Crippen molar-refractivity contribution in [2.24, 2.45) is 0 Å². The first-order valence-corrected chi connectivity index (χ1v) is 7.06. The van der Waals surface area contributed by atoms with Crippen molar-refractivity contribution in [2.75, 3.05) is 59.0 Å². The smallest absolute Gasteiger partial charge is 0.236 e. The van der Waals surface area contributed by atoms with Gasteiger partial charge in [-0.15, -0.1) is 0 Å². The minimum atomic E-state index is 0.195. The summed E-state index contributed by atoms with van der Waals surface area (Å²) in [4.78, 5) is 16.1. The van der Waals surface area contributed by atoms with Crippen molar-refractivity contribution in [3.8, 4) is 0 Å². The number of nitrogens with one attached hydrogen (secondary N) is 1. The van der Waals surface area contributed by atoms with E-state index in [0.717, 1.165) is 45.7 Å². The van der Waals surface area contributed by atoms with Gasteiger partial charge in [0.25, 0.3) is 0 Å². The van der Waals surface area contributed by atoms with Crippen molar-refractivity contribution < 1.29 is 9.53 Å². The molecule has 0 aromatic rings. The van der Waals surface area contributed by atoms with Gasteiger partial charge in [0.2, 0.25) is 5.91 Å². The second kappa shape index (κ2) is 9.30. The molecule has 1 aliphatic rings. The summed E-state index contributed by atoms with van der Waals surface area (Å²) in [5.74, 6) is 0.195. The molecule has 106 valence electrons. The summed E-state index contributed by atoms with van der Waals surface area (Å²) >= 11 is 0. The number of hydrogen-bond acceptors (Lipinski definition) is 4. The van der Waals surface area contributed by atoms with E-state index in [1.165, 1.54) is 0 Å². The molecule has 5 heteroatoms. The molecule has 1 fully saturated rings. The molecule has 0 saturated carbocycles. The molecule has 1 saturated heterocycles. The highest BCUT2D eigenvalue weighted by Crippen LogP contribution is 1.96. The molecule has 1 rings (SSSR count). The Balaban J connectivity index is 2.01. The number of hydrogen-bond donors (Lipinski definition) is 1. The number of carbonyl (C=O) groups excluding carboxylic acids is 1. The van der Waals surface area contributed by atoms with Crippen molar-refractivity contribution in [3.63, 3.8) is 0 Å². The van der Waals surface area contributed by atoms with Gasteiger partial charge in [0.15, 0.2) is 0 Å². The van der Waals surface area contributed by atoms with Gasteiger partial charge in [-0.25, -0.2) is 0 Å². The fraction of sp³-hybridized carbons (Fsp3) is 0.923. The van der Waals surface area contributed by atoms with Crippen LogP contribution in [0.5, 0.6) is 0 Å². The van der Waals surface area contributed by atoms with Crippen LogP contribution in [-0.4, -0.2) is 74.7 Å². The normalized spacial score (nSPS) is 16.3.